The molecular formula is C16H16N4O. The Morgan fingerprint density at radius 3 is 2.71 bits per heavy atom. The van der Waals surface area contributed by atoms with E-state index in [1.807, 2.05) is 30.3 Å². The first kappa shape index (κ1) is 13.4. The van der Waals surface area contributed by atoms with Crippen LogP contribution in [0.15, 0.2) is 47.1 Å². The van der Waals surface area contributed by atoms with Crippen molar-refractivity contribution in [1.29, 1.82) is 0 Å². The van der Waals surface area contributed by atoms with E-state index < -0.39 is 0 Å². The minimum atomic E-state index is 0.425. The van der Waals surface area contributed by atoms with Gasteiger partial charge in [-0.05, 0) is 12.5 Å². The minimum Gasteiger partial charge on any atom is -0.332 e. The maximum absolute atomic E-state index is 5.31. The average molecular weight is 280 g/mol. The Hall–Kier alpha value is -2.56. The number of aromatic nitrogens is 4. The Morgan fingerprint density at radius 1 is 1.05 bits per heavy atom. The van der Waals surface area contributed by atoms with Gasteiger partial charge >= 0.3 is 0 Å². The summed E-state index contributed by atoms with van der Waals surface area (Å²) in [5, 5.41) is 4.01. The monoisotopic (exact) mass is 280 g/mol. The van der Waals surface area contributed by atoms with E-state index in [1.165, 1.54) is 0 Å². The van der Waals surface area contributed by atoms with Crippen LogP contribution >= 0.6 is 0 Å². The van der Waals surface area contributed by atoms with Gasteiger partial charge < -0.3 is 4.52 Å². The van der Waals surface area contributed by atoms with Gasteiger partial charge in [0.25, 0.3) is 5.89 Å². The van der Waals surface area contributed by atoms with Gasteiger partial charge in [0.15, 0.2) is 0 Å². The molecule has 3 aromatic rings. The zero-order valence-electron chi connectivity index (χ0n) is 11.9. The number of unbranched alkanes of at least 4 members (excludes halogenated alkanes) is 1. The maximum atomic E-state index is 5.31. The average Bonchev–Trinajstić information content (AvgIpc) is 3.04. The molecule has 1 aromatic carbocycles. The molecule has 0 bridgehead atoms. The van der Waals surface area contributed by atoms with Crippen LogP contribution in [-0.4, -0.2) is 20.1 Å². The van der Waals surface area contributed by atoms with E-state index in [-0.39, 0.29) is 0 Å². The van der Waals surface area contributed by atoms with Crippen molar-refractivity contribution in [2.24, 2.45) is 0 Å². The fourth-order valence-corrected chi connectivity index (χ4v) is 2.01. The summed E-state index contributed by atoms with van der Waals surface area (Å²) in [4.78, 5) is 13.2. The van der Waals surface area contributed by atoms with Gasteiger partial charge in [-0.2, -0.15) is 4.98 Å². The molecule has 2 heterocycles. The van der Waals surface area contributed by atoms with Gasteiger partial charge in [0, 0.05) is 18.2 Å². The van der Waals surface area contributed by atoms with Crippen LogP contribution in [0.4, 0.5) is 0 Å². The van der Waals surface area contributed by atoms with E-state index in [1.54, 1.807) is 12.3 Å². The summed E-state index contributed by atoms with van der Waals surface area (Å²) in [5.74, 6) is 1.81. The van der Waals surface area contributed by atoms with E-state index >= 15 is 0 Å². The van der Waals surface area contributed by atoms with Crippen molar-refractivity contribution in [3.8, 4) is 23.0 Å². The van der Waals surface area contributed by atoms with Gasteiger partial charge in [0.05, 0.1) is 0 Å². The Morgan fingerprint density at radius 2 is 1.90 bits per heavy atom. The van der Waals surface area contributed by atoms with Crippen LogP contribution in [0.1, 0.15) is 25.6 Å². The smallest absolute Gasteiger partial charge is 0.276 e. The van der Waals surface area contributed by atoms with Crippen LogP contribution in [0.25, 0.3) is 23.0 Å². The molecule has 5 heteroatoms. The quantitative estimate of drug-likeness (QED) is 0.715. The summed E-state index contributed by atoms with van der Waals surface area (Å²) in [7, 11) is 0. The molecule has 0 aliphatic heterocycles. The molecule has 106 valence electrons. The molecule has 3 rings (SSSR count). The highest BCUT2D eigenvalue weighted by molar-refractivity contribution is 5.57. The van der Waals surface area contributed by atoms with Gasteiger partial charge in [-0.1, -0.05) is 48.8 Å². The lowest BCUT2D eigenvalue weighted by molar-refractivity contribution is 0.430. The van der Waals surface area contributed by atoms with Crippen LogP contribution in [0.2, 0.25) is 0 Å². The van der Waals surface area contributed by atoms with Gasteiger partial charge in [-0.15, -0.1) is 0 Å². The highest BCUT2D eigenvalue weighted by Crippen LogP contribution is 2.20. The van der Waals surface area contributed by atoms with Crippen molar-refractivity contribution in [3.05, 3.63) is 48.4 Å². The lowest BCUT2D eigenvalue weighted by Crippen LogP contribution is -1.96. The van der Waals surface area contributed by atoms with E-state index in [9.17, 15) is 0 Å². The fourth-order valence-electron chi connectivity index (χ4n) is 2.01. The summed E-state index contributed by atoms with van der Waals surface area (Å²) in [6, 6.07) is 11.5. The van der Waals surface area contributed by atoms with Gasteiger partial charge in [0.2, 0.25) is 5.82 Å². The van der Waals surface area contributed by atoms with Gasteiger partial charge in [-0.3, -0.25) is 0 Å². The fraction of sp³-hybridized carbons (Fsp3) is 0.250. The molecule has 0 aliphatic carbocycles. The lowest BCUT2D eigenvalue weighted by Gasteiger charge is -1.99. The maximum Gasteiger partial charge on any atom is 0.276 e. The second kappa shape index (κ2) is 6.26. The van der Waals surface area contributed by atoms with Crippen molar-refractivity contribution in [2.75, 3.05) is 0 Å². The summed E-state index contributed by atoms with van der Waals surface area (Å²) in [6.45, 7) is 2.15. The molecule has 0 aliphatic rings. The zero-order chi connectivity index (χ0) is 14.5. The normalized spacial score (nSPS) is 10.7. The van der Waals surface area contributed by atoms with Crippen molar-refractivity contribution in [2.45, 2.75) is 26.2 Å². The lowest BCUT2D eigenvalue weighted by atomic mass is 10.2. The molecule has 5 nitrogen and oxygen atoms in total. The number of aryl methyl sites for hydroxylation is 1. The second-order valence-electron chi connectivity index (χ2n) is 4.75. The van der Waals surface area contributed by atoms with Gasteiger partial charge in [0.1, 0.15) is 11.5 Å². The predicted molar refractivity (Wildman–Crippen MR) is 79.4 cm³/mol. The van der Waals surface area contributed by atoms with Crippen molar-refractivity contribution in [3.63, 3.8) is 0 Å². The molecule has 0 saturated carbocycles. The Bertz CT molecular complexity index is 709. The molecule has 0 amide bonds. The van der Waals surface area contributed by atoms with E-state index in [0.717, 1.165) is 30.7 Å². The van der Waals surface area contributed by atoms with E-state index in [2.05, 4.69) is 27.0 Å². The minimum absolute atomic E-state index is 0.425. The first-order valence-electron chi connectivity index (χ1n) is 7.08. The summed E-state index contributed by atoms with van der Waals surface area (Å²) < 4.78 is 5.31. The number of hydrogen-bond donors (Lipinski definition) is 0. The summed E-state index contributed by atoms with van der Waals surface area (Å²) in [5.41, 5.74) is 1.60. The molecule has 0 fully saturated rings. The largest absolute Gasteiger partial charge is 0.332 e. The molecule has 0 spiro atoms. The number of nitrogens with zero attached hydrogens (tertiary/aromatic N) is 4. The highest BCUT2D eigenvalue weighted by Gasteiger charge is 2.12. The molecule has 0 N–H and O–H groups in total. The zero-order valence-corrected chi connectivity index (χ0v) is 11.9. The first-order chi connectivity index (χ1) is 10.4. The molecule has 0 radical (unpaired) electrons. The third-order valence-electron chi connectivity index (χ3n) is 3.14. The summed E-state index contributed by atoms with van der Waals surface area (Å²) >= 11 is 0. The topological polar surface area (TPSA) is 64.7 Å². The molecule has 0 unspecified atom stereocenters. The van der Waals surface area contributed by atoms with Gasteiger partial charge in [-0.25, -0.2) is 9.97 Å². The van der Waals surface area contributed by atoms with Crippen LogP contribution in [0, 0.1) is 0 Å². The second-order valence-corrected chi connectivity index (χ2v) is 4.75. The molecule has 0 atom stereocenters. The van der Waals surface area contributed by atoms with Crippen molar-refractivity contribution < 1.29 is 4.52 Å². The Kier molecular flexibility index (Phi) is 4.00. The van der Waals surface area contributed by atoms with Crippen LogP contribution in [0.5, 0.6) is 0 Å². The van der Waals surface area contributed by atoms with Crippen molar-refractivity contribution >= 4 is 0 Å². The predicted octanol–water partition coefficient (Wildman–Crippen LogP) is 3.54. The SMILES string of the molecule is CCCCc1nccc(-c2nc(-c3ccccc3)no2)n1. The third kappa shape index (κ3) is 3.13. The highest BCUT2D eigenvalue weighted by atomic mass is 16.5. The molecule has 2 aromatic heterocycles. The summed E-state index contributed by atoms with van der Waals surface area (Å²) in [6.07, 6.45) is 4.79. The number of benzene rings is 1. The van der Waals surface area contributed by atoms with E-state index in [4.69, 9.17) is 4.52 Å². The molecule has 21 heavy (non-hydrogen) atoms. The third-order valence-corrected chi connectivity index (χ3v) is 3.14. The Labute approximate surface area is 123 Å². The number of hydrogen-bond acceptors (Lipinski definition) is 5. The van der Waals surface area contributed by atoms with Crippen LogP contribution in [0.3, 0.4) is 0 Å². The number of rotatable bonds is 5. The van der Waals surface area contributed by atoms with Crippen molar-refractivity contribution in [1.82, 2.24) is 20.1 Å². The molecule has 0 saturated heterocycles. The van der Waals surface area contributed by atoms with E-state index in [0.29, 0.717) is 17.4 Å². The molecular weight excluding hydrogens is 264 g/mol. The first-order valence-corrected chi connectivity index (χ1v) is 7.08. The van der Waals surface area contributed by atoms with Crippen LogP contribution in [-0.2, 0) is 6.42 Å². The standard InChI is InChI=1S/C16H16N4O/c1-2-3-9-14-17-11-10-13(18-14)16-19-15(20-21-16)12-7-5-4-6-8-12/h4-8,10-11H,2-3,9H2,1H3. The Balaban J connectivity index is 1.86. The van der Waals surface area contributed by atoms with Crippen LogP contribution < -0.4 is 0 Å².